The number of benzene rings is 1. The third kappa shape index (κ3) is 4.99. The standard InChI is InChI=1S/C22H26FN5O3S2/c1-14-19(12-17-6-4-5-7-18(17)23)32-22(24-14)26-21(29)16-8-10-28(11-9-16)33(30,31)20-13-27(3)15(2)25-20/h4-7,13,16H,8-12H2,1-3H3,(H,24,26,29). The monoisotopic (exact) mass is 491 g/mol. The molecule has 0 atom stereocenters. The van der Waals surface area contributed by atoms with Crippen molar-refractivity contribution in [1.29, 1.82) is 0 Å². The third-order valence-corrected chi connectivity index (χ3v) is 8.79. The van der Waals surface area contributed by atoms with Crippen LogP contribution < -0.4 is 5.32 Å². The quantitative estimate of drug-likeness (QED) is 0.571. The first-order valence-electron chi connectivity index (χ1n) is 10.7. The summed E-state index contributed by atoms with van der Waals surface area (Å²) in [6, 6.07) is 6.60. The van der Waals surface area contributed by atoms with E-state index in [1.807, 2.05) is 6.92 Å². The molecule has 0 radical (unpaired) electrons. The minimum atomic E-state index is -3.68. The van der Waals surface area contributed by atoms with Crippen LogP contribution in [-0.4, -0.2) is 46.3 Å². The van der Waals surface area contributed by atoms with Crippen LogP contribution in [0.15, 0.2) is 35.5 Å². The van der Waals surface area contributed by atoms with Crippen molar-refractivity contribution in [3.8, 4) is 0 Å². The van der Waals surface area contributed by atoms with Gasteiger partial charge in [0.25, 0.3) is 10.0 Å². The molecule has 4 rings (SSSR count). The van der Waals surface area contributed by atoms with Gasteiger partial charge >= 0.3 is 0 Å². The number of anilines is 1. The second kappa shape index (κ2) is 9.32. The van der Waals surface area contributed by atoms with Gasteiger partial charge in [0, 0.05) is 43.5 Å². The van der Waals surface area contributed by atoms with Crippen molar-refractivity contribution in [3.63, 3.8) is 0 Å². The Morgan fingerprint density at radius 2 is 1.91 bits per heavy atom. The lowest BCUT2D eigenvalue weighted by Crippen LogP contribution is -2.41. The number of carbonyl (C=O) groups excluding carboxylic acids is 1. The van der Waals surface area contributed by atoms with Gasteiger partial charge in [-0.1, -0.05) is 18.2 Å². The Balaban J connectivity index is 1.36. The molecule has 8 nitrogen and oxygen atoms in total. The fourth-order valence-corrected chi connectivity index (χ4v) is 6.29. The first-order chi connectivity index (χ1) is 15.6. The van der Waals surface area contributed by atoms with E-state index in [0.29, 0.717) is 35.8 Å². The lowest BCUT2D eigenvalue weighted by atomic mass is 9.97. The fraction of sp³-hybridized carbons (Fsp3) is 0.409. The number of amides is 1. The molecular formula is C22H26FN5O3S2. The summed E-state index contributed by atoms with van der Waals surface area (Å²) in [6.45, 7) is 4.10. The Labute approximate surface area is 196 Å². The van der Waals surface area contributed by atoms with E-state index in [9.17, 15) is 17.6 Å². The van der Waals surface area contributed by atoms with Crippen LogP contribution in [0.3, 0.4) is 0 Å². The number of aryl methyl sites for hydroxylation is 3. The minimum absolute atomic E-state index is 0.0334. The highest BCUT2D eigenvalue weighted by atomic mass is 32.2. The van der Waals surface area contributed by atoms with E-state index < -0.39 is 10.0 Å². The summed E-state index contributed by atoms with van der Waals surface area (Å²) in [5, 5.41) is 3.37. The van der Waals surface area contributed by atoms with Crippen LogP contribution in [0, 0.1) is 25.6 Å². The molecule has 1 aromatic carbocycles. The highest BCUT2D eigenvalue weighted by Crippen LogP contribution is 2.28. The molecule has 1 fully saturated rings. The molecule has 0 aliphatic carbocycles. The normalized spacial score (nSPS) is 15.6. The Kier molecular flexibility index (Phi) is 6.64. The van der Waals surface area contributed by atoms with Crippen molar-refractivity contribution < 1.29 is 17.6 Å². The molecule has 1 saturated heterocycles. The average Bonchev–Trinajstić information content (AvgIpc) is 3.31. The first kappa shape index (κ1) is 23.5. The van der Waals surface area contributed by atoms with Gasteiger partial charge in [-0.25, -0.2) is 22.8 Å². The molecule has 1 aliphatic rings. The molecule has 0 saturated carbocycles. The molecular weight excluding hydrogens is 465 g/mol. The van der Waals surface area contributed by atoms with Crippen LogP contribution in [0.1, 0.15) is 34.8 Å². The number of sulfonamides is 1. The number of thiazole rings is 1. The summed E-state index contributed by atoms with van der Waals surface area (Å²) in [6.07, 6.45) is 2.76. The number of hydrogen-bond donors (Lipinski definition) is 1. The second-order valence-electron chi connectivity index (χ2n) is 8.20. The predicted molar refractivity (Wildman–Crippen MR) is 124 cm³/mol. The number of piperidine rings is 1. The number of imidazole rings is 1. The molecule has 2 aromatic heterocycles. The molecule has 0 unspecified atom stereocenters. The number of hydrogen-bond acceptors (Lipinski definition) is 6. The van der Waals surface area contributed by atoms with Crippen LogP contribution in [0.4, 0.5) is 9.52 Å². The highest BCUT2D eigenvalue weighted by Gasteiger charge is 2.33. The lowest BCUT2D eigenvalue weighted by Gasteiger charge is -2.29. The van der Waals surface area contributed by atoms with Gasteiger partial charge in [-0.15, -0.1) is 11.3 Å². The highest BCUT2D eigenvalue weighted by molar-refractivity contribution is 7.89. The van der Waals surface area contributed by atoms with Crippen molar-refractivity contribution in [2.45, 2.75) is 38.1 Å². The maximum Gasteiger partial charge on any atom is 0.262 e. The molecule has 1 aliphatic heterocycles. The Hall–Kier alpha value is -2.63. The number of carbonyl (C=O) groups is 1. The van der Waals surface area contributed by atoms with Crippen molar-refractivity contribution in [2.75, 3.05) is 18.4 Å². The molecule has 3 aromatic rings. The lowest BCUT2D eigenvalue weighted by molar-refractivity contribution is -0.120. The zero-order valence-electron chi connectivity index (χ0n) is 18.7. The second-order valence-corrected chi connectivity index (χ2v) is 11.2. The summed E-state index contributed by atoms with van der Waals surface area (Å²) < 4.78 is 42.7. The summed E-state index contributed by atoms with van der Waals surface area (Å²) in [4.78, 5) is 22.2. The van der Waals surface area contributed by atoms with Crippen LogP contribution in [-0.2, 0) is 28.3 Å². The smallest absolute Gasteiger partial charge is 0.262 e. The van der Waals surface area contributed by atoms with Gasteiger partial charge in [0.15, 0.2) is 10.2 Å². The van der Waals surface area contributed by atoms with Crippen LogP contribution >= 0.6 is 11.3 Å². The van der Waals surface area contributed by atoms with E-state index in [4.69, 9.17) is 0 Å². The fourth-order valence-electron chi connectivity index (χ4n) is 3.81. The summed E-state index contributed by atoms with van der Waals surface area (Å²) in [5.74, 6) is -0.123. The van der Waals surface area contributed by atoms with Gasteiger partial charge in [-0.2, -0.15) is 4.31 Å². The Morgan fingerprint density at radius 1 is 1.21 bits per heavy atom. The van der Waals surface area contributed by atoms with Crippen LogP contribution in [0.2, 0.25) is 0 Å². The zero-order valence-corrected chi connectivity index (χ0v) is 20.3. The predicted octanol–water partition coefficient (Wildman–Crippen LogP) is 3.26. The molecule has 33 heavy (non-hydrogen) atoms. The molecule has 11 heteroatoms. The number of rotatable bonds is 6. The molecule has 0 spiro atoms. The van der Waals surface area contributed by atoms with E-state index in [1.165, 1.54) is 27.9 Å². The van der Waals surface area contributed by atoms with Crippen LogP contribution in [0.25, 0.3) is 0 Å². The van der Waals surface area contributed by atoms with Gasteiger partial charge in [-0.3, -0.25) is 4.79 Å². The number of halogens is 1. The van der Waals surface area contributed by atoms with Crippen molar-refractivity contribution >= 4 is 32.4 Å². The van der Waals surface area contributed by atoms with Crippen molar-refractivity contribution in [1.82, 2.24) is 18.8 Å². The molecule has 3 heterocycles. The average molecular weight is 492 g/mol. The first-order valence-corrected chi connectivity index (χ1v) is 12.9. The van der Waals surface area contributed by atoms with E-state index in [-0.39, 0.29) is 35.8 Å². The number of nitrogens with zero attached hydrogens (tertiary/aromatic N) is 4. The van der Waals surface area contributed by atoms with Gasteiger partial charge in [-0.05, 0) is 38.3 Å². The van der Waals surface area contributed by atoms with Crippen LogP contribution in [0.5, 0.6) is 0 Å². The van der Waals surface area contributed by atoms with E-state index in [0.717, 1.165) is 10.6 Å². The Morgan fingerprint density at radius 3 is 2.55 bits per heavy atom. The van der Waals surface area contributed by atoms with Gasteiger partial charge < -0.3 is 9.88 Å². The van der Waals surface area contributed by atoms with E-state index >= 15 is 0 Å². The van der Waals surface area contributed by atoms with Crippen molar-refractivity contribution in [2.24, 2.45) is 13.0 Å². The van der Waals surface area contributed by atoms with E-state index in [2.05, 4.69) is 15.3 Å². The third-order valence-electron chi connectivity index (χ3n) is 5.95. The van der Waals surface area contributed by atoms with E-state index in [1.54, 1.807) is 36.7 Å². The largest absolute Gasteiger partial charge is 0.337 e. The zero-order chi connectivity index (χ0) is 23.8. The molecule has 1 amide bonds. The summed E-state index contributed by atoms with van der Waals surface area (Å²) in [7, 11) is -1.93. The Bertz CT molecular complexity index is 1260. The summed E-state index contributed by atoms with van der Waals surface area (Å²) in [5.41, 5.74) is 1.34. The van der Waals surface area contributed by atoms with Crippen molar-refractivity contribution in [3.05, 3.63) is 58.2 Å². The molecule has 1 N–H and O–H groups in total. The maximum atomic E-state index is 14.0. The molecule has 0 bridgehead atoms. The SMILES string of the molecule is Cc1nc(NC(=O)C2CCN(S(=O)(=O)c3cn(C)c(C)n3)CC2)sc1Cc1ccccc1F. The van der Waals surface area contributed by atoms with Gasteiger partial charge in [0.05, 0.1) is 5.69 Å². The van der Waals surface area contributed by atoms with Gasteiger partial charge in [0.2, 0.25) is 5.91 Å². The van der Waals surface area contributed by atoms with Gasteiger partial charge in [0.1, 0.15) is 11.6 Å². The topological polar surface area (TPSA) is 97.2 Å². The minimum Gasteiger partial charge on any atom is -0.337 e. The summed E-state index contributed by atoms with van der Waals surface area (Å²) >= 11 is 1.33. The molecule has 176 valence electrons. The maximum absolute atomic E-state index is 14.0. The number of aromatic nitrogens is 3. The number of nitrogens with one attached hydrogen (secondary N) is 1.